The predicted octanol–water partition coefficient (Wildman–Crippen LogP) is 3.18. The van der Waals surface area contributed by atoms with Crippen LogP contribution in [0.15, 0.2) is 0 Å². The van der Waals surface area contributed by atoms with Crippen LogP contribution in [0.3, 0.4) is 0 Å². The molecule has 0 atom stereocenters. The van der Waals surface area contributed by atoms with Gasteiger partial charge in [0.25, 0.3) is 0 Å². The van der Waals surface area contributed by atoms with E-state index in [2.05, 4.69) is 13.8 Å². The van der Waals surface area contributed by atoms with E-state index in [0.717, 1.165) is 6.42 Å². The van der Waals surface area contributed by atoms with Gasteiger partial charge in [-0.25, -0.2) is 0 Å². The fourth-order valence-electron chi connectivity index (χ4n) is 0.780. The molecule has 0 saturated heterocycles. The molecule has 0 aliphatic rings. The summed E-state index contributed by atoms with van der Waals surface area (Å²) in [4.78, 5) is 0. The molecule has 57 valence electrons. The van der Waals surface area contributed by atoms with Crippen molar-refractivity contribution >= 4 is 0 Å². The molecule has 0 N–H and O–H groups in total. The van der Waals surface area contributed by atoms with Crippen molar-refractivity contribution in [1.29, 1.82) is 0 Å². The van der Waals surface area contributed by atoms with Crippen molar-refractivity contribution < 1.29 is 17.1 Å². The van der Waals surface area contributed by atoms with Gasteiger partial charge in [-0.2, -0.15) is 0 Å². The van der Waals surface area contributed by atoms with Crippen molar-refractivity contribution in [3.63, 3.8) is 0 Å². The fraction of sp³-hybridized carbons (Fsp3) is 0.875. The Morgan fingerprint density at radius 3 is 2.00 bits per heavy atom. The topological polar surface area (TPSA) is 0 Å². The van der Waals surface area contributed by atoms with Crippen LogP contribution in [0.4, 0.5) is 0 Å². The van der Waals surface area contributed by atoms with Gasteiger partial charge in [0.1, 0.15) is 0 Å². The molecule has 0 bridgehead atoms. The van der Waals surface area contributed by atoms with E-state index in [1.165, 1.54) is 32.1 Å². The van der Waals surface area contributed by atoms with Gasteiger partial charge >= 0.3 is 0 Å². The zero-order chi connectivity index (χ0) is 6.24. The van der Waals surface area contributed by atoms with Crippen LogP contribution < -0.4 is 0 Å². The second-order valence-corrected chi connectivity index (χ2v) is 2.27. The number of rotatable bonds is 5. The van der Waals surface area contributed by atoms with Crippen molar-refractivity contribution in [2.24, 2.45) is 0 Å². The second-order valence-electron chi connectivity index (χ2n) is 2.27. The van der Waals surface area contributed by atoms with Crippen molar-refractivity contribution in [1.82, 2.24) is 0 Å². The maximum Gasteiger partial charge on any atom is 0 e. The summed E-state index contributed by atoms with van der Waals surface area (Å²) in [6, 6.07) is 0. The van der Waals surface area contributed by atoms with Gasteiger partial charge in [0.2, 0.25) is 0 Å². The molecule has 0 saturated carbocycles. The molecule has 0 heterocycles. The molecular weight excluding hydrogens is 152 g/mol. The molecule has 0 aromatic carbocycles. The molecule has 1 heteroatoms. The first kappa shape index (κ1) is 12.2. The molecule has 0 spiro atoms. The normalized spacial score (nSPS) is 8.67. The van der Waals surface area contributed by atoms with Crippen LogP contribution in [0.5, 0.6) is 0 Å². The molecule has 0 aromatic heterocycles. The van der Waals surface area contributed by atoms with Gasteiger partial charge in [0, 0.05) is 17.1 Å². The van der Waals surface area contributed by atoms with Gasteiger partial charge in [-0.05, 0) is 0 Å². The summed E-state index contributed by atoms with van der Waals surface area (Å²) in [5.41, 5.74) is 0. The largest absolute Gasteiger partial charge is 0.0654 e. The van der Waals surface area contributed by atoms with Crippen LogP contribution >= 0.6 is 0 Å². The molecule has 9 heavy (non-hydrogen) atoms. The fourth-order valence-corrected chi connectivity index (χ4v) is 0.780. The summed E-state index contributed by atoms with van der Waals surface area (Å²) < 4.78 is 0. The van der Waals surface area contributed by atoms with E-state index in [-0.39, 0.29) is 17.1 Å². The Morgan fingerprint density at radius 1 is 1.00 bits per heavy atom. The van der Waals surface area contributed by atoms with E-state index in [0.29, 0.717) is 0 Å². The Hall–Kier alpha value is 0.519. The van der Waals surface area contributed by atoms with Crippen LogP contribution in [0.2, 0.25) is 0 Å². The van der Waals surface area contributed by atoms with E-state index >= 15 is 0 Å². The molecule has 0 aliphatic heterocycles. The Balaban J connectivity index is 0. The Kier molecular flexibility index (Phi) is 15.4. The summed E-state index contributed by atoms with van der Waals surface area (Å²) in [5, 5.41) is 0. The molecule has 0 unspecified atom stereocenters. The minimum absolute atomic E-state index is 0. The summed E-state index contributed by atoms with van der Waals surface area (Å²) >= 11 is 0. The van der Waals surface area contributed by atoms with Crippen LogP contribution in [-0.2, 0) is 17.1 Å². The van der Waals surface area contributed by atoms with E-state index in [4.69, 9.17) is 0 Å². The zero-order valence-electron chi connectivity index (χ0n) is 6.30. The van der Waals surface area contributed by atoms with E-state index in [1.807, 2.05) is 0 Å². The van der Waals surface area contributed by atoms with E-state index in [1.54, 1.807) is 0 Å². The minimum Gasteiger partial charge on any atom is -0.0654 e. The van der Waals surface area contributed by atoms with Gasteiger partial charge in [-0.3, -0.25) is 0 Å². The van der Waals surface area contributed by atoms with Gasteiger partial charge in [-0.15, -0.1) is 0 Å². The zero-order valence-corrected chi connectivity index (χ0v) is 7.41. The maximum absolute atomic E-state index is 3.78. The third-order valence-electron chi connectivity index (χ3n) is 1.35. The predicted molar refractivity (Wildman–Crippen MR) is 38.7 cm³/mol. The monoisotopic (exact) mass is 169 g/mol. The first-order valence-corrected chi connectivity index (χ1v) is 3.71. The quantitative estimate of drug-likeness (QED) is 0.438. The third-order valence-corrected chi connectivity index (χ3v) is 1.35. The first-order chi connectivity index (χ1) is 3.91. The Morgan fingerprint density at radius 2 is 1.56 bits per heavy atom. The standard InChI is InChI=1S/C8H17.Fe/c1-3-5-7-8-6-4-2;/h1,3-8H2,2H3;. The van der Waals surface area contributed by atoms with E-state index < -0.39 is 0 Å². The average molecular weight is 169 g/mol. The molecular formula is C8H17Fe. The van der Waals surface area contributed by atoms with Crippen molar-refractivity contribution in [2.45, 2.75) is 45.4 Å². The summed E-state index contributed by atoms with van der Waals surface area (Å²) in [6.45, 7) is 6.02. The van der Waals surface area contributed by atoms with Crippen molar-refractivity contribution in [3.05, 3.63) is 6.92 Å². The molecule has 0 rings (SSSR count). The molecule has 0 aromatic rings. The summed E-state index contributed by atoms with van der Waals surface area (Å²) in [7, 11) is 0. The summed E-state index contributed by atoms with van der Waals surface area (Å²) in [6.07, 6.45) is 7.98. The first-order valence-electron chi connectivity index (χ1n) is 3.71. The Labute approximate surface area is 69.9 Å². The minimum atomic E-state index is 0. The Bertz CT molecular complexity index is 29.5. The van der Waals surface area contributed by atoms with Gasteiger partial charge in [0.15, 0.2) is 0 Å². The van der Waals surface area contributed by atoms with Gasteiger partial charge < -0.3 is 0 Å². The maximum atomic E-state index is 3.78. The number of hydrogen-bond acceptors (Lipinski definition) is 0. The number of unbranched alkanes of at least 4 members (excludes halogenated alkanes) is 5. The molecule has 0 fully saturated rings. The molecule has 1 radical (unpaired) electrons. The van der Waals surface area contributed by atoms with Gasteiger partial charge in [-0.1, -0.05) is 52.4 Å². The average Bonchev–Trinajstić information content (AvgIpc) is 1.81. The van der Waals surface area contributed by atoms with Crippen LogP contribution in [0.1, 0.15) is 45.4 Å². The molecule has 0 amide bonds. The van der Waals surface area contributed by atoms with Gasteiger partial charge in [0.05, 0.1) is 0 Å². The second kappa shape index (κ2) is 11.3. The third kappa shape index (κ3) is 11.9. The summed E-state index contributed by atoms with van der Waals surface area (Å²) in [5.74, 6) is 0. The van der Waals surface area contributed by atoms with Crippen LogP contribution in [0, 0.1) is 6.92 Å². The van der Waals surface area contributed by atoms with Crippen LogP contribution in [0.25, 0.3) is 0 Å². The van der Waals surface area contributed by atoms with Crippen LogP contribution in [-0.4, -0.2) is 0 Å². The SMILES string of the molecule is [CH2]CCCCCCC.[Fe]. The molecule has 0 aliphatic carbocycles. The van der Waals surface area contributed by atoms with Crippen molar-refractivity contribution in [2.75, 3.05) is 0 Å². The molecule has 0 nitrogen and oxygen atoms in total. The smallest absolute Gasteiger partial charge is 0 e. The van der Waals surface area contributed by atoms with Crippen molar-refractivity contribution in [3.8, 4) is 0 Å². The van der Waals surface area contributed by atoms with E-state index in [9.17, 15) is 0 Å². The number of hydrogen-bond donors (Lipinski definition) is 0.